The molecule has 1 aliphatic rings. The Labute approximate surface area is 193 Å². The van der Waals surface area contributed by atoms with Crippen molar-refractivity contribution < 1.29 is 24.2 Å². The molecule has 0 radical (unpaired) electrons. The van der Waals surface area contributed by atoms with E-state index in [2.05, 4.69) is 5.32 Å². The molecule has 1 atom stereocenters. The number of amides is 1. The topological polar surface area (TPSA) is 84.9 Å². The number of hydrogen-bond acceptors (Lipinski definition) is 4. The molecule has 1 amide bonds. The van der Waals surface area contributed by atoms with Crippen LogP contribution in [0.4, 0.5) is 5.69 Å². The van der Waals surface area contributed by atoms with Gasteiger partial charge in [0.25, 0.3) is 0 Å². The summed E-state index contributed by atoms with van der Waals surface area (Å²) in [6, 6.07) is 21.3. The van der Waals surface area contributed by atoms with Gasteiger partial charge in [0, 0.05) is 24.6 Å². The van der Waals surface area contributed by atoms with Gasteiger partial charge in [0.05, 0.1) is 19.6 Å². The van der Waals surface area contributed by atoms with Gasteiger partial charge >= 0.3 is 5.97 Å². The lowest BCUT2D eigenvalue weighted by molar-refractivity contribution is -0.137. The van der Waals surface area contributed by atoms with Crippen LogP contribution in [0.1, 0.15) is 43.2 Å². The number of benzene rings is 3. The van der Waals surface area contributed by atoms with Crippen LogP contribution in [0.3, 0.4) is 0 Å². The third-order valence-corrected chi connectivity index (χ3v) is 5.63. The molecule has 6 heteroatoms. The predicted molar refractivity (Wildman–Crippen MR) is 127 cm³/mol. The fourth-order valence-electron chi connectivity index (χ4n) is 4.22. The van der Waals surface area contributed by atoms with E-state index in [-0.39, 0.29) is 18.2 Å². The van der Waals surface area contributed by atoms with E-state index in [9.17, 15) is 14.7 Å². The van der Waals surface area contributed by atoms with Crippen LogP contribution in [0.2, 0.25) is 0 Å². The Morgan fingerprint density at radius 1 is 0.848 bits per heavy atom. The standard InChI is InChI=1S/C27H27NO5/c1-18(29)28-19-7-6-8-20(15-19)32-13-4-5-14-33-21-11-12-24-22-9-2-3-10-23(22)26(17-27(30)31)25(24)16-21/h2-3,6-12,15-16,26H,4-5,13-14,17H2,1H3,(H,28,29)(H,30,31). The van der Waals surface area contributed by atoms with E-state index in [0.717, 1.165) is 40.8 Å². The smallest absolute Gasteiger partial charge is 0.304 e. The summed E-state index contributed by atoms with van der Waals surface area (Å²) in [6.45, 7) is 2.57. The van der Waals surface area contributed by atoms with E-state index in [1.165, 1.54) is 6.92 Å². The number of unbranched alkanes of at least 4 members (excludes halogenated alkanes) is 1. The number of aliphatic carboxylic acids is 1. The van der Waals surface area contributed by atoms with Crippen LogP contribution in [-0.4, -0.2) is 30.2 Å². The highest BCUT2D eigenvalue weighted by molar-refractivity contribution is 5.88. The van der Waals surface area contributed by atoms with Crippen LogP contribution < -0.4 is 14.8 Å². The lowest BCUT2D eigenvalue weighted by atomic mass is 9.93. The fraction of sp³-hybridized carbons (Fsp3) is 0.259. The molecule has 1 unspecified atom stereocenters. The summed E-state index contributed by atoms with van der Waals surface area (Å²) in [5.74, 6) is 0.384. The molecule has 0 heterocycles. The van der Waals surface area contributed by atoms with Crippen LogP contribution >= 0.6 is 0 Å². The predicted octanol–water partition coefficient (Wildman–Crippen LogP) is 5.47. The number of nitrogens with one attached hydrogen (secondary N) is 1. The van der Waals surface area contributed by atoms with Crippen LogP contribution in [0.5, 0.6) is 11.5 Å². The van der Waals surface area contributed by atoms with E-state index in [1.807, 2.05) is 60.7 Å². The maximum absolute atomic E-state index is 11.4. The largest absolute Gasteiger partial charge is 0.494 e. The maximum Gasteiger partial charge on any atom is 0.304 e. The molecule has 0 fully saturated rings. The highest BCUT2D eigenvalue weighted by Gasteiger charge is 2.30. The molecule has 2 N–H and O–H groups in total. The van der Waals surface area contributed by atoms with Crippen molar-refractivity contribution in [2.75, 3.05) is 18.5 Å². The van der Waals surface area contributed by atoms with E-state index in [4.69, 9.17) is 9.47 Å². The number of carbonyl (C=O) groups is 2. The van der Waals surface area contributed by atoms with Crippen molar-refractivity contribution in [2.45, 2.75) is 32.1 Å². The monoisotopic (exact) mass is 445 g/mol. The Bertz CT molecular complexity index is 1160. The lowest BCUT2D eigenvalue weighted by Gasteiger charge is -2.13. The number of rotatable bonds is 10. The minimum atomic E-state index is -0.809. The molecule has 0 saturated carbocycles. The van der Waals surface area contributed by atoms with Crippen molar-refractivity contribution in [3.8, 4) is 22.6 Å². The van der Waals surface area contributed by atoms with Crippen molar-refractivity contribution in [1.82, 2.24) is 0 Å². The average molecular weight is 446 g/mol. The van der Waals surface area contributed by atoms with Crippen molar-refractivity contribution in [2.24, 2.45) is 0 Å². The molecule has 1 aliphatic carbocycles. The van der Waals surface area contributed by atoms with E-state index < -0.39 is 5.97 Å². The fourth-order valence-corrected chi connectivity index (χ4v) is 4.22. The van der Waals surface area contributed by atoms with Crippen LogP contribution in [0, 0.1) is 0 Å². The number of ether oxygens (including phenoxy) is 2. The van der Waals surface area contributed by atoms with Gasteiger partial charge in [-0.2, -0.15) is 0 Å². The van der Waals surface area contributed by atoms with Crippen molar-refractivity contribution in [3.05, 3.63) is 77.9 Å². The Kier molecular flexibility index (Phi) is 6.93. The second-order valence-corrected chi connectivity index (χ2v) is 8.10. The summed E-state index contributed by atoms with van der Waals surface area (Å²) in [5, 5.41) is 12.1. The molecule has 33 heavy (non-hydrogen) atoms. The van der Waals surface area contributed by atoms with Gasteiger partial charge < -0.3 is 19.9 Å². The van der Waals surface area contributed by atoms with Crippen LogP contribution in [0.15, 0.2) is 66.7 Å². The molecular weight excluding hydrogens is 418 g/mol. The van der Waals surface area contributed by atoms with Gasteiger partial charge in [-0.05, 0) is 59.4 Å². The zero-order chi connectivity index (χ0) is 23.2. The zero-order valence-electron chi connectivity index (χ0n) is 18.5. The highest BCUT2D eigenvalue weighted by Crippen LogP contribution is 2.47. The van der Waals surface area contributed by atoms with Gasteiger partial charge in [-0.15, -0.1) is 0 Å². The van der Waals surface area contributed by atoms with E-state index in [0.29, 0.717) is 24.7 Å². The van der Waals surface area contributed by atoms with E-state index >= 15 is 0 Å². The first-order valence-electron chi connectivity index (χ1n) is 11.1. The average Bonchev–Trinajstić information content (AvgIpc) is 3.09. The molecule has 0 aliphatic heterocycles. The summed E-state index contributed by atoms with van der Waals surface area (Å²) in [6.07, 6.45) is 1.71. The third kappa shape index (κ3) is 5.52. The summed E-state index contributed by atoms with van der Waals surface area (Å²) < 4.78 is 11.7. The first-order chi connectivity index (χ1) is 16.0. The SMILES string of the molecule is CC(=O)Nc1cccc(OCCCCOc2ccc3c(c2)C(CC(=O)O)c2ccccc2-3)c1. The number of fused-ring (bicyclic) bond motifs is 3. The Balaban J connectivity index is 1.29. The van der Waals surface area contributed by atoms with Crippen molar-refractivity contribution in [1.29, 1.82) is 0 Å². The number of anilines is 1. The first kappa shape index (κ1) is 22.4. The third-order valence-electron chi connectivity index (χ3n) is 5.63. The molecule has 3 aromatic rings. The molecule has 0 bridgehead atoms. The molecular formula is C27H27NO5. The second kappa shape index (κ2) is 10.2. The van der Waals surface area contributed by atoms with Gasteiger partial charge in [-0.3, -0.25) is 9.59 Å². The summed E-state index contributed by atoms with van der Waals surface area (Å²) in [5.41, 5.74) is 4.97. The number of carboxylic acid groups (broad SMARTS) is 1. The van der Waals surface area contributed by atoms with Gasteiger partial charge in [-0.25, -0.2) is 0 Å². The minimum absolute atomic E-state index is 0.0634. The number of carbonyl (C=O) groups excluding carboxylic acids is 1. The summed E-state index contributed by atoms with van der Waals surface area (Å²) in [4.78, 5) is 22.6. The Morgan fingerprint density at radius 2 is 1.55 bits per heavy atom. The molecule has 0 aromatic heterocycles. The molecule has 170 valence electrons. The van der Waals surface area contributed by atoms with Gasteiger partial charge in [0.1, 0.15) is 11.5 Å². The maximum atomic E-state index is 11.4. The molecule has 4 rings (SSSR count). The van der Waals surface area contributed by atoms with Crippen molar-refractivity contribution >= 4 is 17.6 Å². The molecule has 0 spiro atoms. The van der Waals surface area contributed by atoms with Crippen LogP contribution in [-0.2, 0) is 9.59 Å². The van der Waals surface area contributed by atoms with Crippen molar-refractivity contribution in [3.63, 3.8) is 0 Å². The first-order valence-corrected chi connectivity index (χ1v) is 11.1. The van der Waals surface area contributed by atoms with Gasteiger partial charge in [-0.1, -0.05) is 36.4 Å². The highest BCUT2D eigenvalue weighted by atomic mass is 16.5. The quantitative estimate of drug-likeness (QED) is 0.404. The number of hydrogen-bond donors (Lipinski definition) is 2. The lowest BCUT2D eigenvalue weighted by Crippen LogP contribution is -2.06. The zero-order valence-corrected chi connectivity index (χ0v) is 18.5. The van der Waals surface area contributed by atoms with Crippen LogP contribution in [0.25, 0.3) is 11.1 Å². The number of carboxylic acids is 1. The second-order valence-electron chi connectivity index (χ2n) is 8.10. The van der Waals surface area contributed by atoms with Gasteiger partial charge in [0.15, 0.2) is 0 Å². The molecule has 6 nitrogen and oxygen atoms in total. The molecule has 0 saturated heterocycles. The summed E-state index contributed by atoms with van der Waals surface area (Å²) in [7, 11) is 0. The normalized spacial score (nSPS) is 13.7. The van der Waals surface area contributed by atoms with E-state index in [1.54, 1.807) is 6.07 Å². The summed E-state index contributed by atoms with van der Waals surface area (Å²) >= 11 is 0. The minimum Gasteiger partial charge on any atom is -0.494 e. The Hall–Kier alpha value is -3.80. The molecule has 3 aromatic carbocycles. The van der Waals surface area contributed by atoms with Gasteiger partial charge in [0.2, 0.25) is 5.91 Å². The Morgan fingerprint density at radius 3 is 2.27 bits per heavy atom.